The van der Waals surface area contributed by atoms with E-state index in [1.54, 1.807) is 24.1 Å². The number of pyridine rings is 1. The number of hydrogen-bond donors (Lipinski definition) is 0. The molecule has 3 nitrogen and oxygen atoms in total. The Morgan fingerprint density at radius 2 is 2.36 bits per heavy atom. The van der Waals surface area contributed by atoms with Crippen molar-refractivity contribution < 1.29 is 4.39 Å². The highest BCUT2D eigenvalue weighted by Gasteiger charge is 2.07. The second kappa shape index (κ2) is 4.56. The summed E-state index contributed by atoms with van der Waals surface area (Å²) in [5.41, 5.74) is 0. The van der Waals surface area contributed by atoms with Crippen LogP contribution in [0.2, 0.25) is 0 Å². The van der Waals surface area contributed by atoms with Crippen molar-refractivity contribution >= 4 is 5.82 Å². The molecule has 0 bridgehead atoms. The van der Waals surface area contributed by atoms with E-state index in [9.17, 15) is 4.39 Å². The molecule has 0 amide bonds. The van der Waals surface area contributed by atoms with Crippen LogP contribution in [0.4, 0.5) is 10.2 Å². The molecule has 0 fully saturated rings. The van der Waals surface area contributed by atoms with Gasteiger partial charge in [-0.2, -0.15) is 9.65 Å². The standard InChI is InChI=1S/C10H12FN3/c1-8(6-12)7-14(2)10-5-3-4-9(11)13-10/h3-5,8H,7H2,1-2H3. The van der Waals surface area contributed by atoms with Crippen molar-refractivity contribution in [3.63, 3.8) is 0 Å². The van der Waals surface area contributed by atoms with E-state index in [2.05, 4.69) is 11.1 Å². The number of aromatic nitrogens is 1. The van der Waals surface area contributed by atoms with Crippen molar-refractivity contribution in [2.75, 3.05) is 18.5 Å². The predicted octanol–water partition coefficient (Wildman–Crippen LogP) is 1.82. The second-order valence-electron chi connectivity index (χ2n) is 3.23. The molecule has 1 atom stereocenters. The third kappa shape index (κ3) is 2.70. The average molecular weight is 193 g/mol. The molecular weight excluding hydrogens is 181 g/mol. The molecule has 0 aromatic carbocycles. The zero-order chi connectivity index (χ0) is 10.6. The van der Waals surface area contributed by atoms with Crippen LogP contribution in [0.1, 0.15) is 6.92 Å². The van der Waals surface area contributed by atoms with E-state index in [4.69, 9.17) is 5.26 Å². The van der Waals surface area contributed by atoms with Crippen LogP contribution in [0.5, 0.6) is 0 Å². The molecule has 1 aromatic rings. The lowest BCUT2D eigenvalue weighted by molar-refractivity contribution is 0.580. The number of halogens is 1. The summed E-state index contributed by atoms with van der Waals surface area (Å²) < 4.78 is 12.7. The van der Waals surface area contributed by atoms with Crippen LogP contribution in [-0.2, 0) is 0 Å². The molecule has 0 N–H and O–H groups in total. The molecule has 0 aliphatic carbocycles. The van der Waals surface area contributed by atoms with Gasteiger partial charge in [0.2, 0.25) is 5.95 Å². The molecule has 0 radical (unpaired) electrons. The van der Waals surface area contributed by atoms with E-state index in [-0.39, 0.29) is 5.92 Å². The Morgan fingerprint density at radius 3 is 2.93 bits per heavy atom. The molecule has 0 saturated carbocycles. The summed E-state index contributed by atoms with van der Waals surface area (Å²) in [7, 11) is 1.79. The summed E-state index contributed by atoms with van der Waals surface area (Å²) in [6.07, 6.45) is 0. The van der Waals surface area contributed by atoms with Gasteiger partial charge in [0.05, 0.1) is 12.0 Å². The molecule has 4 heteroatoms. The summed E-state index contributed by atoms with van der Waals surface area (Å²) in [4.78, 5) is 5.47. The van der Waals surface area contributed by atoms with Crippen molar-refractivity contribution in [2.45, 2.75) is 6.92 Å². The zero-order valence-corrected chi connectivity index (χ0v) is 8.24. The average Bonchev–Trinajstić information content (AvgIpc) is 2.17. The maximum Gasteiger partial charge on any atom is 0.214 e. The van der Waals surface area contributed by atoms with Gasteiger partial charge < -0.3 is 4.90 Å². The summed E-state index contributed by atoms with van der Waals surface area (Å²) in [6.45, 7) is 2.36. The van der Waals surface area contributed by atoms with Crippen LogP contribution in [0.25, 0.3) is 0 Å². The number of rotatable bonds is 3. The first kappa shape index (κ1) is 10.5. The van der Waals surface area contributed by atoms with Gasteiger partial charge in [-0.15, -0.1) is 0 Å². The number of anilines is 1. The first-order valence-corrected chi connectivity index (χ1v) is 4.37. The van der Waals surface area contributed by atoms with E-state index in [0.717, 1.165) is 0 Å². The van der Waals surface area contributed by atoms with E-state index in [1.807, 2.05) is 6.92 Å². The summed E-state index contributed by atoms with van der Waals surface area (Å²) in [5.74, 6) is -0.0453. The second-order valence-corrected chi connectivity index (χ2v) is 3.23. The molecule has 0 saturated heterocycles. The minimum absolute atomic E-state index is 0.0925. The van der Waals surface area contributed by atoms with Crippen molar-refractivity contribution in [1.82, 2.24) is 4.98 Å². The van der Waals surface area contributed by atoms with Gasteiger partial charge in [0.25, 0.3) is 0 Å². The lowest BCUT2D eigenvalue weighted by Gasteiger charge is -2.18. The normalized spacial score (nSPS) is 11.9. The van der Waals surface area contributed by atoms with Crippen LogP contribution in [0.3, 0.4) is 0 Å². The zero-order valence-electron chi connectivity index (χ0n) is 8.24. The van der Waals surface area contributed by atoms with Crippen molar-refractivity contribution in [2.24, 2.45) is 5.92 Å². The SMILES string of the molecule is CC(C#N)CN(C)c1cccc(F)n1. The maximum atomic E-state index is 12.7. The highest BCUT2D eigenvalue weighted by atomic mass is 19.1. The largest absolute Gasteiger partial charge is 0.358 e. The first-order valence-electron chi connectivity index (χ1n) is 4.37. The Labute approximate surface area is 82.8 Å². The number of nitriles is 1. The molecular formula is C10H12FN3. The monoisotopic (exact) mass is 193 g/mol. The molecule has 1 rings (SSSR count). The smallest absolute Gasteiger partial charge is 0.214 e. The van der Waals surface area contributed by atoms with Crippen LogP contribution in [-0.4, -0.2) is 18.6 Å². The Bertz CT molecular complexity index is 345. The maximum absolute atomic E-state index is 12.7. The minimum atomic E-state index is -0.501. The quantitative estimate of drug-likeness (QED) is 0.687. The Hall–Kier alpha value is -1.63. The van der Waals surface area contributed by atoms with E-state index < -0.39 is 5.95 Å². The van der Waals surface area contributed by atoms with Crippen LogP contribution < -0.4 is 4.90 Å². The van der Waals surface area contributed by atoms with Crippen LogP contribution in [0.15, 0.2) is 18.2 Å². The Morgan fingerprint density at radius 1 is 1.64 bits per heavy atom. The fourth-order valence-electron chi connectivity index (χ4n) is 1.16. The molecule has 0 aliphatic rings. The number of hydrogen-bond acceptors (Lipinski definition) is 3. The third-order valence-corrected chi connectivity index (χ3v) is 1.86. The summed E-state index contributed by atoms with van der Waals surface area (Å²) in [5, 5.41) is 8.61. The first-order chi connectivity index (χ1) is 6.63. The van der Waals surface area contributed by atoms with Gasteiger partial charge in [-0.25, -0.2) is 4.98 Å². The molecule has 14 heavy (non-hydrogen) atoms. The third-order valence-electron chi connectivity index (χ3n) is 1.86. The predicted molar refractivity (Wildman–Crippen MR) is 52.2 cm³/mol. The van der Waals surface area contributed by atoms with Crippen molar-refractivity contribution in [3.8, 4) is 6.07 Å². The minimum Gasteiger partial charge on any atom is -0.358 e. The highest BCUT2D eigenvalue weighted by Crippen LogP contribution is 2.10. The van der Waals surface area contributed by atoms with Gasteiger partial charge >= 0.3 is 0 Å². The molecule has 74 valence electrons. The van der Waals surface area contributed by atoms with Crippen molar-refractivity contribution in [1.29, 1.82) is 5.26 Å². The van der Waals surface area contributed by atoms with Gasteiger partial charge in [0.15, 0.2) is 0 Å². The molecule has 0 aliphatic heterocycles. The van der Waals surface area contributed by atoms with Gasteiger partial charge in [-0.3, -0.25) is 0 Å². The van der Waals surface area contributed by atoms with Gasteiger partial charge in [0, 0.05) is 13.6 Å². The van der Waals surface area contributed by atoms with Gasteiger partial charge in [-0.05, 0) is 19.1 Å². The van der Waals surface area contributed by atoms with E-state index in [0.29, 0.717) is 12.4 Å². The van der Waals surface area contributed by atoms with Gasteiger partial charge in [0.1, 0.15) is 5.82 Å². The molecule has 1 heterocycles. The summed E-state index contributed by atoms with van der Waals surface area (Å²) in [6, 6.07) is 6.73. The molecule has 0 spiro atoms. The lowest BCUT2D eigenvalue weighted by atomic mass is 10.2. The van der Waals surface area contributed by atoms with E-state index >= 15 is 0 Å². The van der Waals surface area contributed by atoms with Crippen LogP contribution >= 0.6 is 0 Å². The molecule has 1 aromatic heterocycles. The Balaban J connectivity index is 2.70. The molecule has 1 unspecified atom stereocenters. The summed E-state index contributed by atoms with van der Waals surface area (Å²) >= 11 is 0. The Kier molecular flexibility index (Phi) is 3.41. The van der Waals surface area contributed by atoms with Crippen LogP contribution in [0, 0.1) is 23.2 Å². The van der Waals surface area contributed by atoms with Crippen molar-refractivity contribution in [3.05, 3.63) is 24.1 Å². The highest BCUT2D eigenvalue weighted by molar-refractivity contribution is 5.36. The van der Waals surface area contributed by atoms with Gasteiger partial charge in [-0.1, -0.05) is 6.07 Å². The lowest BCUT2D eigenvalue weighted by Crippen LogP contribution is -2.24. The van der Waals surface area contributed by atoms with E-state index in [1.165, 1.54) is 6.07 Å². The fourth-order valence-corrected chi connectivity index (χ4v) is 1.16. The number of nitrogens with zero attached hydrogens (tertiary/aromatic N) is 3. The topological polar surface area (TPSA) is 39.9 Å². The fraction of sp³-hybridized carbons (Fsp3) is 0.400.